The fraction of sp³-hybridized carbons (Fsp3) is 0.611. The Morgan fingerprint density at radius 3 is 2.69 bits per heavy atom. The Labute approximate surface area is 155 Å². The zero-order valence-corrected chi connectivity index (χ0v) is 16.3. The van der Waals surface area contributed by atoms with Crippen LogP contribution in [0.25, 0.3) is 10.2 Å². The number of aryl methyl sites for hydroxylation is 2. The minimum atomic E-state index is -1.18. The van der Waals surface area contributed by atoms with E-state index in [1.807, 2.05) is 19.0 Å². The van der Waals surface area contributed by atoms with Crippen molar-refractivity contribution in [2.75, 3.05) is 20.6 Å². The second-order valence-corrected chi connectivity index (χ2v) is 8.49. The zero-order valence-electron chi connectivity index (χ0n) is 15.4. The highest BCUT2D eigenvalue weighted by atomic mass is 32.1. The molecule has 3 rings (SSSR count). The van der Waals surface area contributed by atoms with Gasteiger partial charge in [0.25, 0.3) is 5.56 Å². The summed E-state index contributed by atoms with van der Waals surface area (Å²) in [5.74, 6) is -0.692. The third-order valence-corrected chi connectivity index (χ3v) is 6.25. The molecule has 8 heteroatoms. The summed E-state index contributed by atoms with van der Waals surface area (Å²) in [4.78, 5) is 40.9. The predicted molar refractivity (Wildman–Crippen MR) is 102 cm³/mol. The molecule has 1 N–H and O–H groups in total. The molecule has 0 aliphatic heterocycles. The molecule has 2 heterocycles. The number of aliphatic carboxylic acids is 1. The molecule has 0 saturated heterocycles. The van der Waals surface area contributed by atoms with E-state index in [4.69, 9.17) is 5.11 Å². The van der Waals surface area contributed by atoms with Gasteiger partial charge < -0.3 is 10.0 Å². The lowest BCUT2D eigenvalue weighted by atomic mass is 9.89. The van der Waals surface area contributed by atoms with E-state index < -0.39 is 23.8 Å². The summed E-state index contributed by atoms with van der Waals surface area (Å²) in [5, 5.41) is 9.70. The lowest BCUT2D eigenvalue weighted by molar-refractivity contribution is -0.137. The second-order valence-electron chi connectivity index (χ2n) is 7.41. The number of hydrogen-bond donors (Lipinski definition) is 1. The molecule has 0 radical (unpaired) electrons. The van der Waals surface area contributed by atoms with Crippen molar-refractivity contribution in [2.24, 2.45) is 5.92 Å². The van der Waals surface area contributed by atoms with Crippen LogP contribution in [-0.2, 0) is 30.7 Å². The summed E-state index contributed by atoms with van der Waals surface area (Å²) in [6, 6.07) is 0. The molecule has 7 nitrogen and oxygen atoms in total. The number of thiophene rings is 1. The summed E-state index contributed by atoms with van der Waals surface area (Å²) in [6.45, 7) is 2.85. The molecule has 0 spiro atoms. The lowest BCUT2D eigenvalue weighted by Gasteiger charge is -2.18. The largest absolute Gasteiger partial charge is 0.480 e. The Morgan fingerprint density at radius 2 is 2.04 bits per heavy atom. The summed E-state index contributed by atoms with van der Waals surface area (Å²) >= 11 is 1.53. The average Bonchev–Trinajstić information content (AvgIpc) is 2.92. The van der Waals surface area contributed by atoms with Gasteiger partial charge in [-0.3, -0.25) is 14.2 Å². The van der Waals surface area contributed by atoms with E-state index in [0.29, 0.717) is 22.7 Å². The molecule has 1 aliphatic rings. The van der Waals surface area contributed by atoms with Gasteiger partial charge in [-0.25, -0.2) is 9.36 Å². The molecule has 0 saturated carbocycles. The Morgan fingerprint density at radius 1 is 1.31 bits per heavy atom. The van der Waals surface area contributed by atoms with Gasteiger partial charge in [-0.1, -0.05) is 6.92 Å². The first-order valence-electron chi connectivity index (χ1n) is 8.94. The van der Waals surface area contributed by atoms with Gasteiger partial charge in [-0.05, 0) is 57.8 Å². The molecule has 26 heavy (non-hydrogen) atoms. The molecule has 0 bridgehead atoms. The van der Waals surface area contributed by atoms with Gasteiger partial charge in [0.1, 0.15) is 11.4 Å². The van der Waals surface area contributed by atoms with Gasteiger partial charge in [-0.15, -0.1) is 11.3 Å². The van der Waals surface area contributed by atoms with Crippen molar-refractivity contribution in [1.29, 1.82) is 0 Å². The zero-order chi connectivity index (χ0) is 19.0. The van der Waals surface area contributed by atoms with Crippen LogP contribution >= 0.6 is 11.3 Å². The van der Waals surface area contributed by atoms with Gasteiger partial charge in [0, 0.05) is 11.4 Å². The summed E-state index contributed by atoms with van der Waals surface area (Å²) in [6.07, 6.45) is 3.56. The Balaban J connectivity index is 2.21. The Kier molecular flexibility index (Phi) is 5.34. The van der Waals surface area contributed by atoms with Crippen LogP contribution < -0.4 is 11.2 Å². The molecule has 1 atom stereocenters. The van der Waals surface area contributed by atoms with Gasteiger partial charge in [0.05, 0.1) is 5.39 Å². The van der Waals surface area contributed by atoms with E-state index in [2.05, 4.69) is 6.92 Å². The molecule has 1 aliphatic carbocycles. The number of rotatable bonds is 6. The van der Waals surface area contributed by atoms with Gasteiger partial charge in [0.2, 0.25) is 0 Å². The third-order valence-electron chi connectivity index (χ3n) is 4.94. The molecule has 0 aromatic carbocycles. The fourth-order valence-corrected chi connectivity index (χ4v) is 4.98. The van der Waals surface area contributed by atoms with Crippen LogP contribution in [0.2, 0.25) is 0 Å². The standard InChI is InChI=1S/C18H25N3O4S/c1-11-5-6-13-12(9-11)15-16(24)21(10-14(22)23)18(25)20(17(15)26-13)8-4-7-19(2)3/h11H,4-10H2,1-3H3,(H,22,23). The van der Waals surface area contributed by atoms with Crippen LogP contribution in [0.1, 0.15) is 30.2 Å². The van der Waals surface area contributed by atoms with Crippen molar-refractivity contribution in [3.63, 3.8) is 0 Å². The minimum Gasteiger partial charge on any atom is -0.480 e. The minimum absolute atomic E-state index is 0.456. The van der Waals surface area contributed by atoms with Crippen LogP contribution in [0.15, 0.2) is 9.59 Å². The maximum Gasteiger partial charge on any atom is 0.332 e. The normalized spacial score (nSPS) is 17.0. The van der Waals surface area contributed by atoms with Crippen LogP contribution in [0.4, 0.5) is 0 Å². The SMILES string of the molecule is CC1CCc2sc3c(c2C1)c(=O)n(CC(=O)O)c(=O)n3CCCN(C)C. The van der Waals surface area contributed by atoms with Crippen molar-refractivity contribution in [3.8, 4) is 0 Å². The summed E-state index contributed by atoms with van der Waals surface area (Å²) in [5.41, 5.74) is 0.0485. The molecule has 142 valence electrons. The van der Waals surface area contributed by atoms with Crippen LogP contribution in [-0.4, -0.2) is 45.8 Å². The Hall–Kier alpha value is -1.93. The topological polar surface area (TPSA) is 84.5 Å². The smallest absolute Gasteiger partial charge is 0.332 e. The molecule has 0 amide bonds. The monoisotopic (exact) mass is 379 g/mol. The molecular weight excluding hydrogens is 354 g/mol. The number of carbonyl (C=O) groups is 1. The highest BCUT2D eigenvalue weighted by Crippen LogP contribution is 2.36. The van der Waals surface area contributed by atoms with E-state index in [-0.39, 0.29) is 0 Å². The van der Waals surface area contributed by atoms with E-state index in [0.717, 1.165) is 42.4 Å². The molecule has 0 fully saturated rings. The quantitative estimate of drug-likeness (QED) is 0.820. The van der Waals surface area contributed by atoms with Crippen molar-refractivity contribution in [1.82, 2.24) is 14.0 Å². The van der Waals surface area contributed by atoms with Crippen LogP contribution in [0.3, 0.4) is 0 Å². The maximum atomic E-state index is 12.9. The van der Waals surface area contributed by atoms with Crippen molar-refractivity contribution < 1.29 is 9.90 Å². The van der Waals surface area contributed by atoms with Crippen molar-refractivity contribution in [2.45, 2.75) is 45.7 Å². The summed E-state index contributed by atoms with van der Waals surface area (Å²) < 4.78 is 2.49. The number of fused-ring (bicyclic) bond motifs is 3. The predicted octanol–water partition coefficient (Wildman–Crippen LogP) is 1.39. The van der Waals surface area contributed by atoms with E-state index in [1.165, 1.54) is 16.2 Å². The van der Waals surface area contributed by atoms with E-state index in [1.54, 1.807) is 4.57 Å². The van der Waals surface area contributed by atoms with Gasteiger partial charge >= 0.3 is 11.7 Å². The van der Waals surface area contributed by atoms with Crippen LogP contribution in [0, 0.1) is 5.92 Å². The first-order chi connectivity index (χ1) is 12.3. The van der Waals surface area contributed by atoms with Gasteiger partial charge in [-0.2, -0.15) is 0 Å². The highest BCUT2D eigenvalue weighted by molar-refractivity contribution is 7.18. The number of aromatic nitrogens is 2. The van der Waals surface area contributed by atoms with Crippen molar-refractivity contribution >= 4 is 27.5 Å². The van der Waals surface area contributed by atoms with Crippen LogP contribution in [0.5, 0.6) is 0 Å². The molecule has 2 aromatic heterocycles. The van der Waals surface area contributed by atoms with Gasteiger partial charge in [0.15, 0.2) is 0 Å². The van der Waals surface area contributed by atoms with E-state index >= 15 is 0 Å². The number of nitrogens with zero attached hydrogens (tertiary/aromatic N) is 3. The fourth-order valence-electron chi connectivity index (χ4n) is 3.63. The summed E-state index contributed by atoms with van der Waals surface area (Å²) in [7, 11) is 3.93. The second kappa shape index (κ2) is 7.36. The average molecular weight is 379 g/mol. The number of hydrogen-bond acceptors (Lipinski definition) is 5. The highest BCUT2D eigenvalue weighted by Gasteiger charge is 2.26. The molecular formula is C18H25N3O4S. The first-order valence-corrected chi connectivity index (χ1v) is 9.75. The van der Waals surface area contributed by atoms with Crippen molar-refractivity contribution in [3.05, 3.63) is 31.3 Å². The maximum absolute atomic E-state index is 12.9. The number of carboxylic acids is 1. The molecule has 2 aromatic rings. The molecule has 1 unspecified atom stereocenters. The Bertz CT molecular complexity index is 954. The first kappa shape index (κ1) is 18.8. The van der Waals surface area contributed by atoms with E-state index in [9.17, 15) is 14.4 Å². The number of carboxylic acid groups (broad SMARTS) is 1. The lowest BCUT2D eigenvalue weighted by Crippen LogP contribution is -2.41. The third kappa shape index (κ3) is 3.48.